The lowest BCUT2D eigenvalue weighted by Crippen LogP contribution is -2.44. The van der Waals surface area contributed by atoms with E-state index in [0.29, 0.717) is 30.0 Å². The maximum Gasteiger partial charge on any atom is 0.269 e. The summed E-state index contributed by atoms with van der Waals surface area (Å²) in [7, 11) is -3.92. The number of carbonyl (C=O) groups excluding carboxylic acids is 1. The highest BCUT2D eigenvalue weighted by Crippen LogP contribution is 2.42. The molecule has 2 unspecified atom stereocenters. The van der Waals surface area contributed by atoms with Gasteiger partial charge in [-0.2, -0.15) is 0 Å². The minimum absolute atomic E-state index is 0.0665. The number of morpholine rings is 1. The van der Waals surface area contributed by atoms with E-state index in [0.717, 1.165) is 5.56 Å². The van der Waals surface area contributed by atoms with Gasteiger partial charge in [0.05, 0.1) is 22.8 Å². The molecule has 0 aromatic heterocycles. The van der Waals surface area contributed by atoms with Crippen LogP contribution in [0.5, 0.6) is 0 Å². The van der Waals surface area contributed by atoms with E-state index in [1.807, 2.05) is 37.8 Å². The van der Waals surface area contributed by atoms with Gasteiger partial charge in [0.15, 0.2) is 4.91 Å². The number of nitrogens with zero attached hydrogens (tertiary/aromatic N) is 1. The Balaban J connectivity index is 1.82. The summed E-state index contributed by atoms with van der Waals surface area (Å²) in [6.45, 7) is 6.88. The van der Waals surface area contributed by atoms with Crippen molar-refractivity contribution >= 4 is 27.1 Å². The molecule has 6 nitrogen and oxygen atoms in total. The summed E-state index contributed by atoms with van der Waals surface area (Å²) < 4.78 is 32.4. The van der Waals surface area contributed by atoms with Crippen LogP contribution in [0, 0.1) is 6.92 Å². The topological polar surface area (TPSA) is 75.7 Å². The zero-order valence-corrected chi connectivity index (χ0v) is 17.5. The van der Waals surface area contributed by atoms with Gasteiger partial charge < -0.3 is 15.0 Å². The van der Waals surface area contributed by atoms with Crippen molar-refractivity contribution in [3.8, 4) is 0 Å². The van der Waals surface area contributed by atoms with Gasteiger partial charge in [-0.3, -0.25) is 4.79 Å². The smallest absolute Gasteiger partial charge is 0.269 e. The van der Waals surface area contributed by atoms with Crippen LogP contribution < -0.4 is 5.32 Å². The highest BCUT2D eigenvalue weighted by molar-refractivity contribution is 7.97. The Labute approximate surface area is 171 Å². The summed E-state index contributed by atoms with van der Waals surface area (Å²) in [5.41, 5.74) is 2.65. The maximum atomic E-state index is 13.3. The highest BCUT2D eigenvalue weighted by atomic mass is 32.2. The van der Waals surface area contributed by atoms with Gasteiger partial charge in [0.2, 0.25) is 9.84 Å². The van der Waals surface area contributed by atoms with Crippen LogP contribution in [0.15, 0.2) is 58.3 Å². The summed E-state index contributed by atoms with van der Waals surface area (Å²) in [5.74, 6) is -0.619. The average molecular weight is 413 g/mol. The second-order valence-corrected chi connectivity index (χ2v) is 9.51. The van der Waals surface area contributed by atoms with Crippen molar-refractivity contribution in [2.75, 3.05) is 18.4 Å². The molecule has 1 saturated heterocycles. The quantitative estimate of drug-likeness (QED) is 0.838. The summed E-state index contributed by atoms with van der Waals surface area (Å²) in [6.07, 6.45) is -0.133. The molecular formula is C22H24N2O4S. The Morgan fingerprint density at radius 2 is 1.66 bits per heavy atom. The van der Waals surface area contributed by atoms with Crippen molar-refractivity contribution in [2.45, 2.75) is 37.9 Å². The molecule has 152 valence electrons. The third-order valence-electron chi connectivity index (χ3n) is 5.17. The molecule has 0 radical (unpaired) electrons. The van der Waals surface area contributed by atoms with Crippen molar-refractivity contribution < 1.29 is 17.9 Å². The van der Waals surface area contributed by atoms with Gasteiger partial charge in [0.1, 0.15) is 0 Å². The first-order chi connectivity index (χ1) is 13.8. The van der Waals surface area contributed by atoms with Crippen LogP contribution in [0.2, 0.25) is 0 Å². The SMILES string of the molecule is Cc1ccc(NC(=O)C2=C(N3CC(C)OC(C)C3)c3ccccc3S2(=O)=O)cc1. The Bertz CT molecular complexity index is 1080. The first-order valence-electron chi connectivity index (χ1n) is 9.64. The number of nitrogens with one attached hydrogen (secondary N) is 1. The van der Waals surface area contributed by atoms with Crippen LogP contribution in [0.4, 0.5) is 5.69 Å². The van der Waals surface area contributed by atoms with Crippen LogP contribution in [0.1, 0.15) is 25.0 Å². The van der Waals surface area contributed by atoms with Gasteiger partial charge in [-0.05, 0) is 39.0 Å². The molecule has 2 aromatic carbocycles. The zero-order chi connectivity index (χ0) is 20.8. The van der Waals surface area contributed by atoms with Crippen molar-refractivity contribution in [1.82, 2.24) is 4.90 Å². The van der Waals surface area contributed by atoms with Gasteiger partial charge in [-0.1, -0.05) is 35.9 Å². The summed E-state index contributed by atoms with van der Waals surface area (Å²) >= 11 is 0. The van der Waals surface area contributed by atoms with Gasteiger partial charge in [0.25, 0.3) is 5.91 Å². The largest absolute Gasteiger partial charge is 0.372 e. The Morgan fingerprint density at radius 1 is 1.03 bits per heavy atom. The van der Waals surface area contributed by atoms with Crippen LogP contribution >= 0.6 is 0 Å². The Kier molecular flexibility index (Phi) is 4.96. The first kappa shape index (κ1) is 19.7. The van der Waals surface area contributed by atoms with Crippen molar-refractivity contribution in [2.24, 2.45) is 0 Å². The molecule has 0 aliphatic carbocycles. The molecule has 2 atom stereocenters. The fourth-order valence-electron chi connectivity index (χ4n) is 3.98. The van der Waals surface area contributed by atoms with E-state index in [-0.39, 0.29) is 22.0 Å². The van der Waals surface area contributed by atoms with Crippen molar-refractivity contribution in [3.05, 3.63) is 64.6 Å². The lowest BCUT2D eigenvalue weighted by molar-refractivity contribution is -0.112. The van der Waals surface area contributed by atoms with E-state index in [9.17, 15) is 13.2 Å². The number of hydrogen-bond acceptors (Lipinski definition) is 5. The lowest BCUT2D eigenvalue weighted by Gasteiger charge is -2.37. The van der Waals surface area contributed by atoms with E-state index in [1.54, 1.807) is 36.4 Å². The molecule has 0 spiro atoms. The number of anilines is 1. The van der Waals surface area contributed by atoms with E-state index in [1.165, 1.54) is 0 Å². The summed E-state index contributed by atoms with van der Waals surface area (Å²) in [5, 5.41) is 2.76. The fourth-order valence-corrected chi connectivity index (χ4v) is 5.71. The van der Waals surface area contributed by atoms with E-state index < -0.39 is 15.7 Å². The minimum atomic E-state index is -3.92. The third-order valence-corrected chi connectivity index (χ3v) is 7.02. The van der Waals surface area contributed by atoms with Gasteiger partial charge in [-0.15, -0.1) is 0 Å². The number of ether oxygens (including phenoxy) is 1. The molecule has 0 bridgehead atoms. The van der Waals surface area contributed by atoms with Gasteiger partial charge >= 0.3 is 0 Å². The molecule has 1 N–H and O–H groups in total. The lowest BCUT2D eigenvalue weighted by atomic mass is 10.1. The number of amides is 1. The first-order valence-corrected chi connectivity index (χ1v) is 11.1. The second-order valence-electron chi connectivity index (χ2n) is 7.66. The number of benzene rings is 2. The molecule has 1 fully saturated rings. The van der Waals surface area contributed by atoms with Crippen LogP contribution in [-0.4, -0.2) is 44.5 Å². The van der Waals surface area contributed by atoms with Gasteiger partial charge in [-0.25, -0.2) is 8.42 Å². The van der Waals surface area contributed by atoms with Crippen LogP contribution in [-0.2, 0) is 19.4 Å². The minimum Gasteiger partial charge on any atom is -0.372 e. The average Bonchev–Trinajstić information content (AvgIpc) is 2.90. The van der Waals surface area contributed by atoms with E-state index in [2.05, 4.69) is 5.32 Å². The molecule has 7 heteroatoms. The number of hydrogen-bond donors (Lipinski definition) is 1. The molecule has 2 aliphatic rings. The number of sulfone groups is 1. The monoisotopic (exact) mass is 412 g/mol. The predicted octanol–water partition coefficient (Wildman–Crippen LogP) is 3.20. The van der Waals surface area contributed by atoms with Gasteiger partial charge in [0, 0.05) is 24.3 Å². The standard InChI is InChI=1S/C22H24N2O4S/c1-14-8-10-17(11-9-14)23-22(25)21-20(24-12-15(2)28-16(3)13-24)18-6-4-5-7-19(18)29(21,26)27/h4-11,15-16H,12-13H2,1-3H3,(H,23,25). The second kappa shape index (κ2) is 7.31. The fraction of sp³-hybridized carbons (Fsp3) is 0.318. The molecule has 29 heavy (non-hydrogen) atoms. The predicted molar refractivity (Wildman–Crippen MR) is 112 cm³/mol. The normalized spacial score (nSPS) is 23.1. The van der Waals surface area contributed by atoms with Crippen molar-refractivity contribution in [1.29, 1.82) is 0 Å². The third kappa shape index (κ3) is 3.56. The molecule has 2 aliphatic heterocycles. The van der Waals surface area contributed by atoms with E-state index >= 15 is 0 Å². The molecular weight excluding hydrogens is 388 g/mol. The van der Waals surface area contributed by atoms with Crippen molar-refractivity contribution in [3.63, 3.8) is 0 Å². The van der Waals surface area contributed by atoms with Crippen LogP contribution in [0.25, 0.3) is 5.70 Å². The van der Waals surface area contributed by atoms with Crippen LogP contribution in [0.3, 0.4) is 0 Å². The summed E-state index contributed by atoms with van der Waals surface area (Å²) in [6, 6.07) is 14.1. The molecule has 4 rings (SSSR count). The zero-order valence-electron chi connectivity index (χ0n) is 16.7. The number of rotatable bonds is 3. The Morgan fingerprint density at radius 3 is 2.31 bits per heavy atom. The molecule has 2 heterocycles. The molecule has 2 aromatic rings. The number of fused-ring (bicyclic) bond motifs is 1. The molecule has 1 amide bonds. The highest BCUT2D eigenvalue weighted by Gasteiger charge is 2.43. The number of carbonyl (C=O) groups is 1. The molecule has 0 saturated carbocycles. The number of aryl methyl sites for hydroxylation is 1. The summed E-state index contributed by atoms with van der Waals surface area (Å²) in [4.78, 5) is 15.1. The van der Waals surface area contributed by atoms with E-state index in [4.69, 9.17) is 4.74 Å². The maximum absolute atomic E-state index is 13.3. The Hall–Kier alpha value is -2.64.